The molecule has 2 amide bonds. The number of carbonyl (C=O) groups is 2. The molecule has 2 saturated heterocycles. The summed E-state index contributed by atoms with van der Waals surface area (Å²) in [6.45, 7) is 3.31. The van der Waals surface area contributed by atoms with Crippen molar-refractivity contribution in [2.45, 2.75) is 38.1 Å². The standard InChI is InChI=1S/C19H27N3O2.ClH/c23-18(16-9-6-10-20-14-16)21-17(13-15-7-2-1-3-8-15)19(24)22-11-4-5-12-22;/h1-3,7-8,16-17,20H,4-6,9-14H2,(H,21,23);1H. The Hall–Kier alpha value is -1.59. The first kappa shape index (κ1) is 19.7. The molecule has 2 heterocycles. The zero-order chi connectivity index (χ0) is 16.8. The molecular weight excluding hydrogens is 338 g/mol. The van der Waals surface area contributed by atoms with Gasteiger partial charge in [-0.25, -0.2) is 0 Å². The van der Waals surface area contributed by atoms with Gasteiger partial charge in [-0.3, -0.25) is 9.59 Å². The van der Waals surface area contributed by atoms with E-state index < -0.39 is 6.04 Å². The highest BCUT2D eigenvalue weighted by Gasteiger charge is 2.30. The van der Waals surface area contributed by atoms with Gasteiger partial charge in [0.05, 0.1) is 5.92 Å². The van der Waals surface area contributed by atoms with E-state index in [2.05, 4.69) is 10.6 Å². The van der Waals surface area contributed by atoms with Gasteiger partial charge in [0, 0.05) is 26.1 Å². The maximum atomic E-state index is 12.9. The maximum absolute atomic E-state index is 12.9. The second-order valence-corrected chi connectivity index (χ2v) is 6.83. The van der Waals surface area contributed by atoms with Gasteiger partial charge in [-0.2, -0.15) is 0 Å². The first-order valence-electron chi connectivity index (χ1n) is 9.08. The Kier molecular flexibility index (Phi) is 7.72. The molecule has 138 valence electrons. The molecule has 0 saturated carbocycles. The van der Waals surface area contributed by atoms with Crippen LogP contribution in [-0.2, 0) is 16.0 Å². The van der Waals surface area contributed by atoms with Crippen LogP contribution in [0.5, 0.6) is 0 Å². The highest BCUT2D eigenvalue weighted by Crippen LogP contribution is 2.14. The summed E-state index contributed by atoms with van der Waals surface area (Å²) in [7, 11) is 0. The molecule has 0 bridgehead atoms. The SMILES string of the molecule is Cl.O=C(NC(Cc1ccccc1)C(=O)N1CCCC1)C1CCCNC1. The number of carbonyl (C=O) groups excluding carboxylic acids is 2. The van der Waals surface area contributed by atoms with Crippen molar-refractivity contribution in [1.29, 1.82) is 0 Å². The van der Waals surface area contributed by atoms with E-state index in [1.165, 1.54) is 0 Å². The Balaban J connectivity index is 0.00000225. The average molecular weight is 366 g/mol. The summed E-state index contributed by atoms with van der Waals surface area (Å²) in [5, 5.41) is 6.31. The summed E-state index contributed by atoms with van der Waals surface area (Å²) in [4.78, 5) is 27.4. The van der Waals surface area contributed by atoms with Crippen LogP contribution < -0.4 is 10.6 Å². The summed E-state index contributed by atoms with van der Waals surface area (Å²) < 4.78 is 0. The van der Waals surface area contributed by atoms with Gasteiger partial charge in [0.15, 0.2) is 0 Å². The molecule has 0 aromatic heterocycles. The summed E-state index contributed by atoms with van der Waals surface area (Å²) >= 11 is 0. The fourth-order valence-corrected chi connectivity index (χ4v) is 3.57. The second-order valence-electron chi connectivity index (χ2n) is 6.83. The number of piperidine rings is 1. The lowest BCUT2D eigenvalue weighted by atomic mass is 9.97. The predicted octanol–water partition coefficient (Wildman–Crippen LogP) is 1.76. The Bertz CT molecular complexity index is 555. The average Bonchev–Trinajstić information content (AvgIpc) is 3.17. The minimum atomic E-state index is -0.458. The first-order valence-corrected chi connectivity index (χ1v) is 9.08. The number of halogens is 1. The molecule has 2 fully saturated rings. The lowest BCUT2D eigenvalue weighted by Crippen LogP contribution is -2.52. The van der Waals surface area contributed by atoms with Crippen molar-refractivity contribution in [3.8, 4) is 0 Å². The van der Waals surface area contributed by atoms with Crippen LogP contribution in [0.1, 0.15) is 31.2 Å². The van der Waals surface area contributed by atoms with Crippen LogP contribution >= 0.6 is 12.4 Å². The molecule has 25 heavy (non-hydrogen) atoms. The van der Waals surface area contributed by atoms with Gasteiger partial charge in [0.2, 0.25) is 11.8 Å². The Morgan fingerprint density at radius 3 is 2.52 bits per heavy atom. The maximum Gasteiger partial charge on any atom is 0.245 e. The molecule has 0 radical (unpaired) electrons. The normalized spacial score (nSPS) is 21.3. The fourth-order valence-electron chi connectivity index (χ4n) is 3.57. The third kappa shape index (κ3) is 5.44. The number of hydrogen-bond acceptors (Lipinski definition) is 3. The van der Waals surface area contributed by atoms with Gasteiger partial charge in [-0.05, 0) is 37.8 Å². The van der Waals surface area contributed by atoms with Crippen molar-refractivity contribution in [2.75, 3.05) is 26.2 Å². The van der Waals surface area contributed by atoms with Crippen LogP contribution in [0.4, 0.5) is 0 Å². The number of nitrogens with zero attached hydrogens (tertiary/aromatic N) is 1. The van der Waals surface area contributed by atoms with Crippen molar-refractivity contribution < 1.29 is 9.59 Å². The van der Waals surface area contributed by atoms with Crippen molar-refractivity contribution in [3.05, 3.63) is 35.9 Å². The van der Waals surface area contributed by atoms with Gasteiger partial charge in [-0.15, -0.1) is 12.4 Å². The van der Waals surface area contributed by atoms with Crippen LogP contribution in [0.25, 0.3) is 0 Å². The second kappa shape index (κ2) is 9.78. The van der Waals surface area contributed by atoms with Gasteiger partial charge in [0.25, 0.3) is 0 Å². The predicted molar refractivity (Wildman–Crippen MR) is 101 cm³/mol. The third-order valence-corrected chi connectivity index (χ3v) is 4.98. The van der Waals surface area contributed by atoms with Crippen molar-refractivity contribution >= 4 is 24.2 Å². The number of likely N-dealkylation sites (tertiary alicyclic amines) is 1. The number of rotatable bonds is 5. The van der Waals surface area contributed by atoms with Gasteiger partial charge >= 0.3 is 0 Å². The van der Waals surface area contributed by atoms with Crippen molar-refractivity contribution in [3.63, 3.8) is 0 Å². The van der Waals surface area contributed by atoms with E-state index in [1.807, 2.05) is 35.2 Å². The molecule has 0 spiro atoms. The molecule has 2 aliphatic rings. The summed E-state index contributed by atoms with van der Waals surface area (Å²) in [6, 6.07) is 9.48. The molecule has 5 nitrogen and oxygen atoms in total. The molecule has 2 unspecified atom stereocenters. The molecule has 2 aliphatic heterocycles. The molecule has 1 aromatic carbocycles. The van der Waals surface area contributed by atoms with E-state index in [4.69, 9.17) is 0 Å². The Morgan fingerprint density at radius 2 is 1.88 bits per heavy atom. The van der Waals surface area contributed by atoms with Crippen LogP contribution in [0.3, 0.4) is 0 Å². The lowest BCUT2D eigenvalue weighted by Gasteiger charge is -2.27. The van der Waals surface area contributed by atoms with E-state index in [0.29, 0.717) is 13.0 Å². The first-order chi connectivity index (χ1) is 11.7. The topological polar surface area (TPSA) is 61.4 Å². The van der Waals surface area contributed by atoms with E-state index in [-0.39, 0.29) is 30.1 Å². The fraction of sp³-hybridized carbons (Fsp3) is 0.579. The minimum absolute atomic E-state index is 0. The molecule has 2 atom stereocenters. The summed E-state index contributed by atoms with van der Waals surface area (Å²) in [5.74, 6) is 0.0487. The highest BCUT2D eigenvalue weighted by atomic mass is 35.5. The van der Waals surface area contributed by atoms with Crippen LogP contribution in [-0.4, -0.2) is 48.9 Å². The highest BCUT2D eigenvalue weighted by molar-refractivity contribution is 5.89. The summed E-state index contributed by atoms with van der Waals surface area (Å²) in [5.41, 5.74) is 1.08. The summed E-state index contributed by atoms with van der Waals surface area (Å²) in [6.07, 6.45) is 4.59. The molecule has 3 rings (SSSR count). The zero-order valence-corrected chi connectivity index (χ0v) is 15.4. The molecule has 1 aromatic rings. The van der Waals surface area contributed by atoms with Gasteiger partial charge < -0.3 is 15.5 Å². The molecule has 2 N–H and O–H groups in total. The van der Waals surface area contributed by atoms with Crippen molar-refractivity contribution in [2.24, 2.45) is 5.92 Å². The van der Waals surface area contributed by atoms with E-state index in [0.717, 1.165) is 50.9 Å². The quantitative estimate of drug-likeness (QED) is 0.835. The smallest absolute Gasteiger partial charge is 0.245 e. The van der Waals surface area contributed by atoms with Gasteiger partial charge in [-0.1, -0.05) is 30.3 Å². The van der Waals surface area contributed by atoms with E-state index in [1.54, 1.807) is 0 Å². The monoisotopic (exact) mass is 365 g/mol. The van der Waals surface area contributed by atoms with Crippen molar-refractivity contribution in [1.82, 2.24) is 15.5 Å². The molecular formula is C19H28ClN3O2. The van der Waals surface area contributed by atoms with Crippen LogP contribution in [0, 0.1) is 5.92 Å². The number of hydrogen-bond donors (Lipinski definition) is 2. The number of nitrogens with one attached hydrogen (secondary N) is 2. The molecule has 0 aliphatic carbocycles. The third-order valence-electron chi connectivity index (χ3n) is 4.98. The number of amides is 2. The number of benzene rings is 1. The van der Waals surface area contributed by atoms with Gasteiger partial charge in [0.1, 0.15) is 6.04 Å². The van der Waals surface area contributed by atoms with E-state index in [9.17, 15) is 9.59 Å². The van der Waals surface area contributed by atoms with Crippen LogP contribution in [0.15, 0.2) is 30.3 Å². The Morgan fingerprint density at radius 1 is 1.16 bits per heavy atom. The van der Waals surface area contributed by atoms with E-state index >= 15 is 0 Å². The largest absolute Gasteiger partial charge is 0.344 e. The zero-order valence-electron chi connectivity index (χ0n) is 14.6. The minimum Gasteiger partial charge on any atom is -0.344 e. The Labute approximate surface area is 155 Å². The lowest BCUT2D eigenvalue weighted by molar-refractivity contribution is -0.136. The van der Waals surface area contributed by atoms with Crippen LogP contribution in [0.2, 0.25) is 0 Å². The molecule has 6 heteroatoms.